The molecule has 0 atom stereocenters. The molecule has 234 valence electrons. The second kappa shape index (κ2) is 12.4. The number of carbonyl (C=O) groups is 1. The molecule has 2 heterocycles. The van der Waals surface area contributed by atoms with E-state index in [0.29, 0.717) is 40.1 Å². The van der Waals surface area contributed by atoms with Crippen LogP contribution in [0.5, 0.6) is 17.2 Å². The molecule has 0 radical (unpaired) electrons. The molecular formula is C33H33F2N5O5. The number of amides is 1. The fourth-order valence-corrected chi connectivity index (χ4v) is 5.12. The van der Waals surface area contributed by atoms with Gasteiger partial charge in [-0.3, -0.25) is 4.79 Å². The summed E-state index contributed by atoms with van der Waals surface area (Å²) < 4.78 is 45.6. The van der Waals surface area contributed by atoms with Crippen LogP contribution in [0.2, 0.25) is 0 Å². The maximum Gasteiger partial charge on any atom is 0.255 e. The highest BCUT2D eigenvalue weighted by Crippen LogP contribution is 2.43. The number of carbonyl (C=O) groups excluding carboxylic acids is 1. The Morgan fingerprint density at radius 3 is 2.36 bits per heavy atom. The van der Waals surface area contributed by atoms with Crippen molar-refractivity contribution in [1.29, 1.82) is 0 Å². The number of hydrogen-bond acceptors (Lipinski definition) is 8. The third-order valence-electron chi connectivity index (χ3n) is 7.38. The average molecular weight is 618 g/mol. The molecule has 0 aliphatic carbocycles. The topological polar surface area (TPSA) is 119 Å². The molecule has 0 aliphatic rings. The minimum Gasteiger partial charge on any atom is -0.496 e. The van der Waals surface area contributed by atoms with Gasteiger partial charge >= 0.3 is 0 Å². The van der Waals surface area contributed by atoms with E-state index >= 15 is 0 Å². The molecule has 12 heteroatoms. The van der Waals surface area contributed by atoms with E-state index < -0.39 is 23.1 Å². The van der Waals surface area contributed by atoms with Crippen LogP contribution in [0.15, 0.2) is 60.8 Å². The first-order valence-corrected chi connectivity index (χ1v) is 14.0. The maximum atomic E-state index is 14.0. The summed E-state index contributed by atoms with van der Waals surface area (Å²) in [6.45, 7) is 5.13. The maximum absolute atomic E-state index is 14.0. The number of fused-ring (bicyclic) bond motifs is 1. The Bertz CT molecular complexity index is 1900. The molecule has 2 aromatic heterocycles. The monoisotopic (exact) mass is 617 g/mol. The molecular weight excluding hydrogens is 584 g/mol. The summed E-state index contributed by atoms with van der Waals surface area (Å²) in [6.07, 6.45) is 1.79. The summed E-state index contributed by atoms with van der Waals surface area (Å²) in [6, 6.07) is 13.7. The number of pyridine rings is 1. The van der Waals surface area contributed by atoms with Gasteiger partial charge in [0.2, 0.25) is 5.95 Å². The van der Waals surface area contributed by atoms with Crippen LogP contribution in [0.25, 0.3) is 16.8 Å². The Morgan fingerprint density at radius 2 is 1.69 bits per heavy atom. The molecule has 10 nitrogen and oxygen atoms in total. The first kappa shape index (κ1) is 31.2. The lowest BCUT2D eigenvalue weighted by molar-refractivity contribution is 0.0773. The fourth-order valence-electron chi connectivity index (χ4n) is 5.12. The zero-order valence-electron chi connectivity index (χ0n) is 25.7. The van der Waals surface area contributed by atoms with Crippen molar-refractivity contribution in [1.82, 2.24) is 19.9 Å². The van der Waals surface area contributed by atoms with Crippen LogP contribution in [0, 0.1) is 18.6 Å². The number of aromatic nitrogens is 3. The number of nitrogens with zero attached hydrogens (tertiary/aromatic N) is 3. The normalized spacial score (nSPS) is 11.4. The Balaban J connectivity index is 1.40. The number of rotatable bonds is 10. The Labute approximate surface area is 258 Å². The van der Waals surface area contributed by atoms with Crippen molar-refractivity contribution in [3.8, 4) is 28.4 Å². The first-order valence-electron chi connectivity index (χ1n) is 14.0. The second-order valence-corrected chi connectivity index (χ2v) is 10.8. The van der Waals surface area contributed by atoms with Gasteiger partial charge in [-0.1, -0.05) is 12.1 Å². The third kappa shape index (κ3) is 6.36. The van der Waals surface area contributed by atoms with Gasteiger partial charge < -0.3 is 30.0 Å². The zero-order valence-corrected chi connectivity index (χ0v) is 25.7. The summed E-state index contributed by atoms with van der Waals surface area (Å²) in [5.41, 5.74) is 3.32. The van der Waals surface area contributed by atoms with E-state index in [1.165, 1.54) is 20.3 Å². The summed E-state index contributed by atoms with van der Waals surface area (Å²) in [5, 5.41) is 21.1. The van der Waals surface area contributed by atoms with E-state index in [9.17, 15) is 18.7 Å². The van der Waals surface area contributed by atoms with Crippen LogP contribution in [-0.4, -0.2) is 46.9 Å². The lowest BCUT2D eigenvalue weighted by atomic mass is 9.92. The largest absolute Gasteiger partial charge is 0.496 e. The van der Waals surface area contributed by atoms with Crippen molar-refractivity contribution < 1.29 is 32.9 Å². The number of methoxy groups -OCH3 is 3. The Hall–Kier alpha value is -5.23. The van der Waals surface area contributed by atoms with E-state index in [1.807, 2.05) is 13.0 Å². The van der Waals surface area contributed by atoms with Gasteiger partial charge in [0.05, 0.1) is 32.5 Å². The van der Waals surface area contributed by atoms with Crippen LogP contribution >= 0.6 is 0 Å². The number of benzene rings is 3. The lowest BCUT2D eigenvalue weighted by Gasteiger charge is -2.25. The molecule has 0 saturated heterocycles. The highest BCUT2D eigenvalue weighted by atomic mass is 19.1. The van der Waals surface area contributed by atoms with Crippen molar-refractivity contribution in [2.24, 2.45) is 0 Å². The smallest absolute Gasteiger partial charge is 0.255 e. The standard InChI is InChI=1S/C33H33F2N5O5/c1-18-24(33(2,3)42)15-27(44-5)29(30(18)45-6)38-32-37-28-12-9-21(17-40(28)39-32)19-8-11-23(26(13-19)43-4)31(41)36-16-20-7-10-22(34)14-25(20)35/h7-15,17,42H,16H2,1-6H3,(H,36,41)(H,38,39). The fraction of sp³-hybridized carbons (Fsp3) is 0.242. The Morgan fingerprint density at radius 1 is 0.956 bits per heavy atom. The van der Waals surface area contributed by atoms with E-state index in [-0.39, 0.29) is 17.7 Å². The van der Waals surface area contributed by atoms with Gasteiger partial charge in [0.1, 0.15) is 34.6 Å². The molecule has 5 aromatic rings. The van der Waals surface area contributed by atoms with Crippen molar-refractivity contribution in [3.63, 3.8) is 0 Å². The van der Waals surface area contributed by atoms with Gasteiger partial charge in [0.25, 0.3) is 5.91 Å². The lowest BCUT2D eigenvalue weighted by Crippen LogP contribution is -2.24. The Kier molecular flexibility index (Phi) is 8.60. The number of ether oxygens (including phenoxy) is 3. The first-order chi connectivity index (χ1) is 21.4. The highest BCUT2D eigenvalue weighted by Gasteiger charge is 2.26. The molecule has 5 rings (SSSR count). The van der Waals surface area contributed by atoms with Crippen molar-refractivity contribution >= 4 is 23.2 Å². The third-order valence-corrected chi connectivity index (χ3v) is 7.38. The van der Waals surface area contributed by atoms with Gasteiger partial charge in [-0.15, -0.1) is 5.10 Å². The SMILES string of the molecule is COc1cc(-c2ccc3nc(Nc4c(OC)cc(C(C)(C)O)c(C)c4OC)nn3c2)ccc1C(=O)NCc1ccc(F)cc1F. The molecule has 3 N–H and O–H groups in total. The van der Waals surface area contributed by atoms with Gasteiger partial charge in [-0.05, 0) is 73.9 Å². The second-order valence-electron chi connectivity index (χ2n) is 10.8. The van der Waals surface area contributed by atoms with Gasteiger partial charge in [-0.2, -0.15) is 4.98 Å². The molecule has 0 spiro atoms. The predicted octanol–water partition coefficient (Wildman–Crippen LogP) is 5.91. The van der Waals surface area contributed by atoms with Crippen LogP contribution in [-0.2, 0) is 12.1 Å². The zero-order chi connectivity index (χ0) is 32.5. The van der Waals surface area contributed by atoms with E-state index in [1.54, 1.807) is 62.0 Å². The van der Waals surface area contributed by atoms with Gasteiger partial charge in [0, 0.05) is 29.9 Å². The van der Waals surface area contributed by atoms with E-state index in [0.717, 1.165) is 28.8 Å². The average Bonchev–Trinajstić information content (AvgIpc) is 3.41. The quantitative estimate of drug-likeness (QED) is 0.177. The van der Waals surface area contributed by atoms with Crippen LogP contribution in [0.1, 0.15) is 40.9 Å². The number of halogens is 2. The number of aliphatic hydroxyl groups is 1. The van der Waals surface area contributed by atoms with E-state index in [2.05, 4.69) is 20.7 Å². The van der Waals surface area contributed by atoms with E-state index in [4.69, 9.17) is 14.2 Å². The number of nitrogens with one attached hydrogen (secondary N) is 2. The minimum absolute atomic E-state index is 0.115. The molecule has 0 unspecified atom stereocenters. The van der Waals surface area contributed by atoms with Crippen molar-refractivity contribution in [2.45, 2.75) is 32.9 Å². The molecule has 0 saturated carbocycles. The predicted molar refractivity (Wildman–Crippen MR) is 165 cm³/mol. The summed E-state index contributed by atoms with van der Waals surface area (Å²) in [7, 11) is 4.52. The molecule has 0 bridgehead atoms. The molecule has 1 amide bonds. The number of anilines is 2. The van der Waals surface area contributed by atoms with Gasteiger partial charge in [0.15, 0.2) is 5.65 Å². The van der Waals surface area contributed by atoms with Crippen LogP contribution in [0.3, 0.4) is 0 Å². The summed E-state index contributed by atoms with van der Waals surface area (Å²) in [5.74, 6) is -0.350. The highest BCUT2D eigenvalue weighted by molar-refractivity contribution is 5.97. The minimum atomic E-state index is -1.12. The molecule has 45 heavy (non-hydrogen) atoms. The number of hydrogen-bond donors (Lipinski definition) is 3. The summed E-state index contributed by atoms with van der Waals surface area (Å²) >= 11 is 0. The van der Waals surface area contributed by atoms with Crippen molar-refractivity contribution in [3.05, 3.63) is 94.7 Å². The van der Waals surface area contributed by atoms with Crippen molar-refractivity contribution in [2.75, 3.05) is 26.6 Å². The molecule has 0 aliphatic heterocycles. The van der Waals surface area contributed by atoms with Gasteiger partial charge in [-0.25, -0.2) is 13.3 Å². The van der Waals surface area contributed by atoms with Crippen LogP contribution < -0.4 is 24.8 Å². The molecule has 0 fully saturated rings. The summed E-state index contributed by atoms with van der Waals surface area (Å²) in [4.78, 5) is 17.5. The van der Waals surface area contributed by atoms with Crippen LogP contribution in [0.4, 0.5) is 20.4 Å². The molecule has 3 aromatic carbocycles.